The van der Waals surface area contributed by atoms with Gasteiger partial charge in [0.15, 0.2) is 0 Å². The lowest BCUT2D eigenvalue weighted by Gasteiger charge is -2.10. The molecule has 12 heavy (non-hydrogen) atoms. The second-order valence-corrected chi connectivity index (χ2v) is 2.07. The summed E-state index contributed by atoms with van der Waals surface area (Å²) >= 11 is 0. The molecule has 0 aromatic carbocycles. The van der Waals surface area contributed by atoms with E-state index in [1.165, 1.54) is 0 Å². The summed E-state index contributed by atoms with van der Waals surface area (Å²) in [6, 6.07) is 0. The van der Waals surface area contributed by atoms with Gasteiger partial charge in [-0.15, -0.1) is 5.06 Å². The second-order valence-electron chi connectivity index (χ2n) is 2.07. The van der Waals surface area contributed by atoms with E-state index in [0.29, 0.717) is 5.06 Å². The van der Waals surface area contributed by atoms with E-state index in [1.54, 1.807) is 0 Å². The molecule has 1 saturated heterocycles. The Morgan fingerprint density at radius 3 is 2.33 bits per heavy atom. The van der Waals surface area contributed by atoms with E-state index in [-0.39, 0.29) is 12.8 Å². The van der Waals surface area contributed by atoms with Crippen molar-refractivity contribution in [3.8, 4) is 0 Å². The van der Waals surface area contributed by atoms with Crippen LogP contribution in [0.2, 0.25) is 0 Å². The van der Waals surface area contributed by atoms with Crippen molar-refractivity contribution in [2.24, 2.45) is 0 Å². The third kappa shape index (κ3) is 1.51. The summed E-state index contributed by atoms with van der Waals surface area (Å²) in [6.45, 7) is 0. The average Bonchev–Trinajstić information content (AvgIpc) is 2.35. The van der Waals surface area contributed by atoms with Gasteiger partial charge in [-0.1, -0.05) is 0 Å². The van der Waals surface area contributed by atoms with Crippen molar-refractivity contribution in [2.75, 3.05) is 0 Å². The average molecular weight is 174 g/mol. The number of nitrogens with one attached hydrogen (secondary N) is 1. The molecule has 1 aliphatic heterocycles. The van der Waals surface area contributed by atoms with E-state index in [2.05, 4.69) is 4.84 Å². The van der Waals surface area contributed by atoms with Crippen LogP contribution in [-0.2, 0) is 14.4 Å². The number of amides is 3. The summed E-state index contributed by atoms with van der Waals surface area (Å²) in [4.78, 5) is 36.0. The lowest BCUT2D eigenvalue weighted by Crippen LogP contribution is -2.35. The maximum atomic E-state index is 10.8. The zero-order valence-electron chi connectivity index (χ0n) is 5.94. The normalized spacial score (nSPS) is 16.6. The molecule has 1 fully saturated rings. The molecule has 7 heteroatoms. The SMILES string of the molecule is O=C(NO)ON1C(=O)CCC1=O. The smallest absolute Gasteiger partial charge is 0.309 e. The Morgan fingerprint density at radius 2 is 1.92 bits per heavy atom. The number of hydroxylamine groups is 3. The molecule has 0 aliphatic carbocycles. The van der Waals surface area contributed by atoms with Crippen LogP contribution >= 0.6 is 0 Å². The van der Waals surface area contributed by atoms with Crippen molar-refractivity contribution in [1.82, 2.24) is 10.5 Å². The van der Waals surface area contributed by atoms with Crippen molar-refractivity contribution in [3.05, 3.63) is 0 Å². The monoisotopic (exact) mass is 174 g/mol. The highest BCUT2D eigenvalue weighted by Gasteiger charge is 2.32. The lowest BCUT2D eigenvalue weighted by atomic mass is 10.4. The van der Waals surface area contributed by atoms with E-state index in [1.807, 2.05) is 0 Å². The number of hydrogen-bond acceptors (Lipinski definition) is 5. The molecule has 1 heterocycles. The predicted octanol–water partition coefficient (Wildman–Crippen LogP) is -0.834. The molecule has 1 aliphatic rings. The number of carbonyl (C=O) groups excluding carboxylic acids is 3. The largest absolute Gasteiger partial charge is 0.456 e. The first-order valence-corrected chi connectivity index (χ1v) is 3.13. The van der Waals surface area contributed by atoms with Crippen LogP contribution in [0.3, 0.4) is 0 Å². The van der Waals surface area contributed by atoms with Gasteiger partial charge >= 0.3 is 6.09 Å². The minimum absolute atomic E-state index is 0.0253. The highest BCUT2D eigenvalue weighted by Crippen LogP contribution is 2.11. The van der Waals surface area contributed by atoms with E-state index in [0.717, 1.165) is 5.48 Å². The van der Waals surface area contributed by atoms with Gasteiger partial charge in [0.25, 0.3) is 11.8 Å². The Kier molecular flexibility index (Phi) is 2.24. The Hall–Kier alpha value is -1.63. The molecule has 66 valence electrons. The van der Waals surface area contributed by atoms with Gasteiger partial charge < -0.3 is 4.84 Å². The number of nitrogens with zero attached hydrogens (tertiary/aromatic N) is 1. The van der Waals surface area contributed by atoms with Crippen LogP contribution in [0, 0.1) is 0 Å². The molecule has 0 unspecified atom stereocenters. The van der Waals surface area contributed by atoms with Crippen LogP contribution < -0.4 is 5.48 Å². The topological polar surface area (TPSA) is 95.9 Å². The first-order chi connectivity index (χ1) is 5.65. The number of carbonyl (C=O) groups is 3. The van der Waals surface area contributed by atoms with Crippen LogP contribution in [0.4, 0.5) is 4.79 Å². The standard InChI is InChI=1S/C5H6N2O5/c8-3-1-2-4(9)7(3)12-5(10)6-11/h11H,1-2H2,(H,6,10). The quantitative estimate of drug-likeness (QED) is 0.307. The molecule has 0 aromatic rings. The Labute approximate surface area is 66.8 Å². The third-order valence-electron chi connectivity index (χ3n) is 1.27. The summed E-state index contributed by atoms with van der Waals surface area (Å²) in [5.74, 6) is -1.19. The first kappa shape index (κ1) is 8.47. The highest BCUT2D eigenvalue weighted by molar-refractivity contribution is 6.01. The zero-order chi connectivity index (χ0) is 9.14. The van der Waals surface area contributed by atoms with Gasteiger partial charge in [-0.25, -0.2) is 10.3 Å². The fourth-order valence-electron chi connectivity index (χ4n) is 0.761. The summed E-state index contributed by atoms with van der Waals surface area (Å²) in [5.41, 5.74) is 1.13. The van der Waals surface area contributed by atoms with Gasteiger partial charge in [0.2, 0.25) is 0 Å². The molecular weight excluding hydrogens is 168 g/mol. The maximum Gasteiger partial charge on any atom is 0.456 e. The van der Waals surface area contributed by atoms with Crippen LogP contribution in [-0.4, -0.2) is 28.2 Å². The van der Waals surface area contributed by atoms with E-state index in [9.17, 15) is 14.4 Å². The van der Waals surface area contributed by atoms with E-state index in [4.69, 9.17) is 5.21 Å². The van der Waals surface area contributed by atoms with Crippen LogP contribution in [0.1, 0.15) is 12.8 Å². The summed E-state index contributed by atoms with van der Waals surface area (Å²) in [5, 5.41) is 8.32. The van der Waals surface area contributed by atoms with Gasteiger partial charge in [-0.05, 0) is 0 Å². The summed E-state index contributed by atoms with van der Waals surface area (Å²) in [7, 11) is 0. The Morgan fingerprint density at radius 1 is 1.42 bits per heavy atom. The summed E-state index contributed by atoms with van der Waals surface area (Å²) < 4.78 is 0. The molecule has 3 amide bonds. The molecule has 0 saturated carbocycles. The fraction of sp³-hybridized carbons (Fsp3) is 0.400. The Balaban J connectivity index is 2.56. The lowest BCUT2D eigenvalue weighted by molar-refractivity contribution is -0.173. The van der Waals surface area contributed by atoms with Crippen molar-refractivity contribution in [1.29, 1.82) is 0 Å². The van der Waals surface area contributed by atoms with Crippen molar-refractivity contribution >= 4 is 17.9 Å². The third-order valence-corrected chi connectivity index (χ3v) is 1.27. The highest BCUT2D eigenvalue weighted by atomic mass is 16.8. The molecule has 0 bridgehead atoms. The van der Waals surface area contributed by atoms with E-state index < -0.39 is 17.9 Å². The molecule has 7 nitrogen and oxygen atoms in total. The maximum absolute atomic E-state index is 10.8. The van der Waals surface area contributed by atoms with Crippen molar-refractivity contribution in [2.45, 2.75) is 12.8 Å². The van der Waals surface area contributed by atoms with Crippen LogP contribution in [0.15, 0.2) is 0 Å². The summed E-state index contributed by atoms with van der Waals surface area (Å²) in [6.07, 6.45) is -1.21. The van der Waals surface area contributed by atoms with Gasteiger partial charge in [-0.3, -0.25) is 14.8 Å². The van der Waals surface area contributed by atoms with Crippen molar-refractivity contribution < 1.29 is 24.4 Å². The molecule has 0 aromatic heterocycles. The molecule has 1 rings (SSSR count). The van der Waals surface area contributed by atoms with Crippen LogP contribution in [0.25, 0.3) is 0 Å². The molecule has 0 spiro atoms. The molecule has 0 atom stereocenters. The predicted molar refractivity (Wildman–Crippen MR) is 32.5 cm³/mol. The van der Waals surface area contributed by atoms with Gasteiger partial charge in [0, 0.05) is 12.8 Å². The van der Waals surface area contributed by atoms with Gasteiger partial charge in [0.1, 0.15) is 0 Å². The van der Waals surface area contributed by atoms with Gasteiger partial charge in [-0.2, -0.15) is 0 Å². The second kappa shape index (κ2) is 3.18. The van der Waals surface area contributed by atoms with Crippen molar-refractivity contribution in [3.63, 3.8) is 0 Å². The number of hydrogen-bond donors (Lipinski definition) is 2. The van der Waals surface area contributed by atoms with E-state index >= 15 is 0 Å². The van der Waals surface area contributed by atoms with Gasteiger partial charge in [0.05, 0.1) is 0 Å². The fourth-order valence-corrected chi connectivity index (χ4v) is 0.761. The zero-order valence-corrected chi connectivity index (χ0v) is 5.94. The molecular formula is C5H6N2O5. The Bertz CT molecular complexity index is 222. The number of imide groups is 1. The molecule has 2 N–H and O–H groups in total. The minimum Gasteiger partial charge on any atom is -0.309 e. The number of rotatable bonds is 1. The minimum atomic E-state index is -1.27. The molecule has 0 radical (unpaired) electrons. The van der Waals surface area contributed by atoms with Crippen LogP contribution in [0.5, 0.6) is 0 Å². The first-order valence-electron chi connectivity index (χ1n) is 3.13.